The van der Waals surface area contributed by atoms with Crippen molar-refractivity contribution in [3.05, 3.63) is 0 Å². The van der Waals surface area contributed by atoms with Gasteiger partial charge < -0.3 is 22.8 Å². The van der Waals surface area contributed by atoms with Crippen LogP contribution in [0.3, 0.4) is 0 Å². The van der Waals surface area contributed by atoms with E-state index in [4.69, 9.17) is 22.8 Å². The van der Waals surface area contributed by atoms with Crippen molar-refractivity contribution in [2.45, 2.75) is 45.8 Å². The van der Waals surface area contributed by atoms with Crippen molar-refractivity contribution in [3.8, 4) is 0 Å². The standard InChI is InChI=1S/C13H28O5Si/c1-4-16-19(17-5-2,18-6-3)11-7-9-14-10-8-13-12-15-13/h13H,4-12H2,1-3H3. The topological polar surface area (TPSA) is 49.5 Å². The van der Waals surface area contributed by atoms with Gasteiger partial charge in [0, 0.05) is 39.1 Å². The first-order chi connectivity index (χ1) is 9.26. The normalized spacial score (nSPS) is 18.8. The van der Waals surface area contributed by atoms with Crippen LogP contribution in [0.4, 0.5) is 0 Å². The average Bonchev–Trinajstić information content (AvgIpc) is 3.19. The van der Waals surface area contributed by atoms with E-state index >= 15 is 0 Å². The van der Waals surface area contributed by atoms with Crippen molar-refractivity contribution >= 4 is 8.80 Å². The van der Waals surface area contributed by atoms with Crippen LogP contribution < -0.4 is 0 Å². The van der Waals surface area contributed by atoms with Crippen LogP contribution in [0, 0.1) is 0 Å². The molecule has 19 heavy (non-hydrogen) atoms. The van der Waals surface area contributed by atoms with E-state index in [9.17, 15) is 0 Å². The Morgan fingerprint density at radius 1 is 1.00 bits per heavy atom. The maximum atomic E-state index is 5.78. The number of hydrogen-bond acceptors (Lipinski definition) is 5. The summed E-state index contributed by atoms with van der Waals surface area (Å²) in [4.78, 5) is 0. The molecule has 1 rings (SSSR count). The van der Waals surface area contributed by atoms with E-state index in [1.54, 1.807) is 0 Å². The van der Waals surface area contributed by atoms with Gasteiger partial charge in [-0.25, -0.2) is 0 Å². The fraction of sp³-hybridized carbons (Fsp3) is 1.00. The number of ether oxygens (including phenoxy) is 2. The molecule has 0 radical (unpaired) electrons. The number of hydrogen-bond donors (Lipinski definition) is 0. The van der Waals surface area contributed by atoms with E-state index in [0.29, 0.717) is 25.9 Å². The lowest BCUT2D eigenvalue weighted by molar-refractivity contribution is 0.0654. The Kier molecular flexibility index (Phi) is 8.85. The highest BCUT2D eigenvalue weighted by molar-refractivity contribution is 6.60. The summed E-state index contributed by atoms with van der Waals surface area (Å²) in [6.07, 6.45) is 2.37. The molecule has 0 amide bonds. The maximum absolute atomic E-state index is 5.78. The zero-order valence-electron chi connectivity index (χ0n) is 12.5. The molecule has 114 valence electrons. The molecule has 6 heteroatoms. The van der Waals surface area contributed by atoms with Crippen LogP contribution in [-0.2, 0) is 22.8 Å². The molecule has 0 aromatic carbocycles. The third kappa shape index (κ3) is 7.39. The highest BCUT2D eigenvalue weighted by Gasteiger charge is 2.39. The molecular formula is C13H28O5Si. The molecule has 0 aliphatic carbocycles. The lowest BCUT2D eigenvalue weighted by Gasteiger charge is -2.28. The fourth-order valence-corrected chi connectivity index (χ4v) is 4.52. The predicted octanol–water partition coefficient (Wildman–Crippen LogP) is 2.23. The van der Waals surface area contributed by atoms with E-state index in [2.05, 4.69) is 0 Å². The van der Waals surface area contributed by atoms with Crippen molar-refractivity contribution in [1.82, 2.24) is 0 Å². The van der Waals surface area contributed by atoms with Gasteiger partial charge >= 0.3 is 8.80 Å². The van der Waals surface area contributed by atoms with Crippen molar-refractivity contribution in [2.75, 3.05) is 39.6 Å². The smallest absolute Gasteiger partial charge is 0.381 e. The summed E-state index contributed by atoms with van der Waals surface area (Å²) in [6.45, 7) is 10.2. The lowest BCUT2D eigenvalue weighted by atomic mass is 10.3. The van der Waals surface area contributed by atoms with Crippen LogP contribution >= 0.6 is 0 Å². The summed E-state index contributed by atoms with van der Waals surface area (Å²) in [6, 6.07) is 0.822. The van der Waals surface area contributed by atoms with E-state index in [1.807, 2.05) is 20.8 Å². The highest BCUT2D eigenvalue weighted by atomic mass is 28.4. The van der Waals surface area contributed by atoms with Gasteiger partial charge in [0.2, 0.25) is 0 Å². The Morgan fingerprint density at radius 3 is 2.05 bits per heavy atom. The van der Waals surface area contributed by atoms with Gasteiger partial charge in [-0.3, -0.25) is 0 Å². The van der Waals surface area contributed by atoms with Gasteiger partial charge in [0.25, 0.3) is 0 Å². The van der Waals surface area contributed by atoms with Crippen molar-refractivity contribution in [2.24, 2.45) is 0 Å². The minimum Gasteiger partial charge on any atom is -0.381 e. The summed E-state index contributed by atoms with van der Waals surface area (Å²) < 4.78 is 28.1. The van der Waals surface area contributed by atoms with Gasteiger partial charge in [0.1, 0.15) is 0 Å². The monoisotopic (exact) mass is 292 g/mol. The number of epoxide rings is 1. The second kappa shape index (κ2) is 9.85. The van der Waals surface area contributed by atoms with E-state index in [0.717, 1.165) is 38.7 Å². The molecule has 1 aliphatic rings. The average molecular weight is 292 g/mol. The first-order valence-corrected chi connectivity index (χ1v) is 9.30. The second-order valence-corrected chi connectivity index (χ2v) is 7.17. The molecule has 1 saturated heterocycles. The van der Waals surface area contributed by atoms with Crippen LogP contribution in [0.1, 0.15) is 33.6 Å². The Hall–Kier alpha value is 0.0169. The Balaban J connectivity index is 2.17. The molecule has 1 unspecified atom stereocenters. The lowest BCUT2D eigenvalue weighted by Crippen LogP contribution is -2.46. The van der Waals surface area contributed by atoms with Crippen LogP contribution in [0.15, 0.2) is 0 Å². The van der Waals surface area contributed by atoms with Gasteiger partial charge in [0.15, 0.2) is 0 Å². The minimum absolute atomic E-state index is 0.448. The fourth-order valence-electron chi connectivity index (χ4n) is 1.94. The third-order valence-electron chi connectivity index (χ3n) is 2.85. The zero-order valence-corrected chi connectivity index (χ0v) is 13.5. The first kappa shape index (κ1) is 17.1. The first-order valence-electron chi connectivity index (χ1n) is 7.37. The predicted molar refractivity (Wildman–Crippen MR) is 75.2 cm³/mol. The second-order valence-electron chi connectivity index (χ2n) is 4.44. The molecular weight excluding hydrogens is 264 g/mol. The molecule has 0 saturated carbocycles. The van der Waals surface area contributed by atoms with Crippen LogP contribution in [0.5, 0.6) is 0 Å². The molecule has 5 nitrogen and oxygen atoms in total. The minimum atomic E-state index is -2.47. The Morgan fingerprint density at radius 2 is 1.58 bits per heavy atom. The molecule has 1 fully saturated rings. The van der Waals surface area contributed by atoms with E-state index in [1.165, 1.54) is 0 Å². The summed E-state index contributed by atoms with van der Waals surface area (Å²) in [5.41, 5.74) is 0. The molecule has 1 atom stereocenters. The van der Waals surface area contributed by atoms with E-state index < -0.39 is 8.80 Å². The third-order valence-corrected chi connectivity index (χ3v) is 6.00. The molecule has 0 N–H and O–H groups in total. The quantitative estimate of drug-likeness (QED) is 0.296. The van der Waals surface area contributed by atoms with Gasteiger partial charge in [-0.15, -0.1) is 0 Å². The summed E-state index contributed by atoms with van der Waals surface area (Å²) in [5, 5.41) is 0. The number of rotatable bonds is 13. The molecule has 0 aromatic heterocycles. The van der Waals surface area contributed by atoms with Crippen LogP contribution in [-0.4, -0.2) is 54.5 Å². The summed E-state index contributed by atoms with van der Waals surface area (Å²) >= 11 is 0. The van der Waals surface area contributed by atoms with Crippen LogP contribution in [0.25, 0.3) is 0 Å². The molecule has 0 spiro atoms. The molecule has 0 bridgehead atoms. The van der Waals surface area contributed by atoms with Crippen molar-refractivity contribution in [3.63, 3.8) is 0 Å². The highest BCUT2D eigenvalue weighted by Crippen LogP contribution is 2.18. The Labute approximate surface area is 117 Å². The van der Waals surface area contributed by atoms with Crippen molar-refractivity contribution in [1.29, 1.82) is 0 Å². The Bertz CT molecular complexity index is 206. The van der Waals surface area contributed by atoms with Crippen molar-refractivity contribution < 1.29 is 22.8 Å². The van der Waals surface area contributed by atoms with Gasteiger partial charge in [-0.1, -0.05) is 0 Å². The zero-order chi connectivity index (χ0) is 14.0. The maximum Gasteiger partial charge on any atom is 0.501 e. The van der Waals surface area contributed by atoms with Gasteiger partial charge in [-0.2, -0.15) is 0 Å². The molecule has 0 aromatic rings. The van der Waals surface area contributed by atoms with E-state index in [-0.39, 0.29) is 0 Å². The SMILES string of the molecule is CCO[Si](CCCOCCC1CO1)(OCC)OCC. The summed E-state index contributed by atoms with van der Waals surface area (Å²) in [5.74, 6) is 0. The molecule has 1 aliphatic heterocycles. The molecule has 1 heterocycles. The van der Waals surface area contributed by atoms with Gasteiger partial charge in [-0.05, 0) is 33.6 Å². The summed E-state index contributed by atoms with van der Waals surface area (Å²) in [7, 11) is -2.47. The van der Waals surface area contributed by atoms with Crippen LogP contribution in [0.2, 0.25) is 6.04 Å². The van der Waals surface area contributed by atoms with Gasteiger partial charge in [0.05, 0.1) is 12.7 Å². The largest absolute Gasteiger partial charge is 0.501 e.